The molecule has 3 aromatic carbocycles. The lowest BCUT2D eigenvalue weighted by Gasteiger charge is -2.23. The molecule has 4 nitrogen and oxygen atoms in total. The second-order valence-electron chi connectivity index (χ2n) is 6.74. The van der Waals surface area contributed by atoms with Crippen molar-refractivity contribution in [1.82, 2.24) is 0 Å². The van der Waals surface area contributed by atoms with Crippen molar-refractivity contribution < 1.29 is 9.53 Å². The van der Waals surface area contributed by atoms with Gasteiger partial charge in [0.05, 0.1) is 6.54 Å². The van der Waals surface area contributed by atoms with Crippen molar-refractivity contribution in [3.05, 3.63) is 84.4 Å². The number of fused-ring (bicyclic) bond motifs is 1. The van der Waals surface area contributed by atoms with E-state index in [2.05, 4.69) is 18.3 Å². The highest BCUT2D eigenvalue weighted by atomic mass is 16.5. The summed E-state index contributed by atoms with van der Waals surface area (Å²) in [6.45, 7) is 2.35. The van der Waals surface area contributed by atoms with Crippen molar-refractivity contribution in [2.75, 3.05) is 16.8 Å². The van der Waals surface area contributed by atoms with Crippen LogP contribution < -0.4 is 15.0 Å². The van der Waals surface area contributed by atoms with Crippen LogP contribution in [0.25, 0.3) is 0 Å². The maximum Gasteiger partial charge on any atom is 0.246 e. The van der Waals surface area contributed by atoms with Gasteiger partial charge in [0.1, 0.15) is 11.5 Å². The summed E-state index contributed by atoms with van der Waals surface area (Å²) in [6.07, 6.45) is 0.910. The van der Waals surface area contributed by atoms with Crippen LogP contribution in [-0.2, 0) is 11.2 Å². The number of nitrogens with one attached hydrogen (secondary N) is 1. The van der Waals surface area contributed by atoms with Crippen LogP contribution in [0.2, 0.25) is 0 Å². The van der Waals surface area contributed by atoms with Crippen molar-refractivity contribution in [2.45, 2.75) is 19.4 Å². The van der Waals surface area contributed by atoms with Gasteiger partial charge in [0.2, 0.25) is 5.91 Å². The van der Waals surface area contributed by atoms with Crippen molar-refractivity contribution in [3.8, 4) is 11.5 Å². The summed E-state index contributed by atoms with van der Waals surface area (Å²) in [7, 11) is 0. The molecule has 27 heavy (non-hydrogen) atoms. The van der Waals surface area contributed by atoms with Crippen LogP contribution in [0.3, 0.4) is 0 Å². The molecule has 1 atom stereocenters. The first-order valence-corrected chi connectivity index (χ1v) is 9.17. The number of benzene rings is 3. The van der Waals surface area contributed by atoms with Gasteiger partial charge in [0, 0.05) is 17.4 Å². The molecular formula is C23H22N2O2. The van der Waals surface area contributed by atoms with Crippen LogP contribution in [0, 0.1) is 0 Å². The molecule has 0 bridgehead atoms. The minimum atomic E-state index is 0.0806. The van der Waals surface area contributed by atoms with Gasteiger partial charge in [-0.2, -0.15) is 0 Å². The standard InChI is InChI=1S/C23H22N2O2/c1-17-15-18-7-5-6-10-22(18)25(17)23(26)16-24-19-11-13-21(14-12-19)27-20-8-3-2-4-9-20/h2-14,17,24H,15-16H2,1H3. The average Bonchev–Trinajstić information content (AvgIpc) is 3.04. The molecule has 3 aromatic rings. The smallest absolute Gasteiger partial charge is 0.246 e. The molecule has 1 amide bonds. The first-order chi connectivity index (χ1) is 13.2. The topological polar surface area (TPSA) is 41.6 Å². The van der Waals surface area contributed by atoms with E-state index in [1.165, 1.54) is 5.56 Å². The number of para-hydroxylation sites is 2. The summed E-state index contributed by atoms with van der Waals surface area (Å²) < 4.78 is 5.79. The minimum absolute atomic E-state index is 0.0806. The first kappa shape index (κ1) is 17.2. The minimum Gasteiger partial charge on any atom is -0.457 e. The predicted octanol–water partition coefficient (Wildman–Crippen LogP) is 4.87. The molecule has 1 aliphatic rings. The van der Waals surface area contributed by atoms with Gasteiger partial charge < -0.3 is 15.0 Å². The summed E-state index contributed by atoms with van der Waals surface area (Å²) in [4.78, 5) is 14.6. The molecule has 1 aliphatic heterocycles. The molecule has 0 aromatic heterocycles. The van der Waals surface area contributed by atoms with E-state index in [-0.39, 0.29) is 18.5 Å². The summed E-state index contributed by atoms with van der Waals surface area (Å²) in [6, 6.07) is 25.6. The van der Waals surface area contributed by atoms with E-state index in [1.54, 1.807) is 0 Å². The molecular weight excluding hydrogens is 336 g/mol. The summed E-state index contributed by atoms with van der Waals surface area (Å²) in [5.74, 6) is 1.65. The Morgan fingerprint density at radius 1 is 0.963 bits per heavy atom. The molecule has 4 rings (SSSR count). The third-order valence-electron chi connectivity index (χ3n) is 4.75. The van der Waals surface area contributed by atoms with Crippen LogP contribution in [-0.4, -0.2) is 18.5 Å². The fourth-order valence-corrected chi connectivity index (χ4v) is 3.47. The molecule has 136 valence electrons. The van der Waals surface area contributed by atoms with E-state index in [9.17, 15) is 4.79 Å². The summed E-state index contributed by atoms with van der Waals surface area (Å²) in [5, 5.41) is 3.22. The number of carbonyl (C=O) groups excluding carboxylic acids is 1. The molecule has 1 unspecified atom stereocenters. The van der Waals surface area contributed by atoms with E-state index < -0.39 is 0 Å². The predicted molar refractivity (Wildman–Crippen MR) is 109 cm³/mol. The van der Waals surface area contributed by atoms with E-state index in [0.717, 1.165) is 29.3 Å². The quantitative estimate of drug-likeness (QED) is 0.707. The number of ether oxygens (including phenoxy) is 1. The Bertz CT molecular complexity index is 923. The molecule has 0 aliphatic carbocycles. The molecule has 0 fully saturated rings. The van der Waals surface area contributed by atoms with Gasteiger partial charge in [0.25, 0.3) is 0 Å². The van der Waals surface area contributed by atoms with Crippen molar-refractivity contribution >= 4 is 17.3 Å². The molecule has 0 radical (unpaired) electrons. The fourth-order valence-electron chi connectivity index (χ4n) is 3.47. The van der Waals surface area contributed by atoms with Gasteiger partial charge in [-0.25, -0.2) is 0 Å². The number of rotatable bonds is 5. The van der Waals surface area contributed by atoms with E-state index >= 15 is 0 Å². The van der Waals surface area contributed by atoms with Crippen LogP contribution in [0.4, 0.5) is 11.4 Å². The molecule has 1 heterocycles. The Balaban J connectivity index is 1.37. The SMILES string of the molecule is CC1Cc2ccccc2N1C(=O)CNc1ccc(Oc2ccccc2)cc1. The van der Waals surface area contributed by atoms with Crippen LogP contribution in [0.15, 0.2) is 78.9 Å². The highest BCUT2D eigenvalue weighted by Gasteiger charge is 2.30. The fraction of sp³-hybridized carbons (Fsp3) is 0.174. The molecule has 1 N–H and O–H groups in total. The molecule has 4 heteroatoms. The second kappa shape index (κ2) is 7.54. The van der Waals surface area contributed by atoms with Crippen molar-refractivity contribution in [1.29, 1.82) is 0 Å². The molecule has 0 saturated heterocycles. The highest BCUT2D eigenvalue weighted by Crippen LogP contribution is 2.31. The Labute approximate surface area is 159 Å². The Hall–Kier alpha value is -3.27. The Morgan fingerprint density at radius 2 is 1.63 bits per heavy atom. The first-order valence-electron chi connectivity index (χ1n) is 9.17. The van der Waals surface area contributed by atoms with Gasteiger partial charge in [-0.15, -0.1) is 0 Å². The number of nitrogens with zero attached hydrogens (tertiary/aromatic N) is 1. The normalized spacial score (nSPS) is 15.3. The zero-order valence-corrected chi connectivity index (χ0v) is 15.3. The summed E-state index contributed by atoms with van der Waals surface area (Å²) >= 11 is 0. The van der Waals surface area contributed by atoms with Crippen molar-refractivity contribution in [3.63, 3.8) is 0 Å². The zero-order chi connectivity index (χ0) is 18.6. The Morgan fingerprint density at radius 3 is 2.41 bits per heavy atom. The zero-order valence-electron chi connectivity index (χ0n) is 15.3. The maximum atomic E-state index is 12.7. The van der Waals surface area contributed by atoms with E-state index in [4.69, 9.17) is 4.74 Å². The lowest BCUT2D eigenvalue weighted by molar-refractivity contribution is -0.117. The highest BCUT2D eigenvalue weighted by molar-refractivity contribution is 5.98. The van der Waals surface area contributed by atoms with Crippen LogP contribution in [0.1, 0.15) is 12.5 Å². The van der Waals surface area contributed by atoms with Crippen molar-refractivity contribution in [2.24, 2.45) is 0 Å². The molecule has 0 spiro atoms. The second-order valence-corrected chi connectivity index (χ2v) is 6.74. The number of hydrogen-bond acceptors (Lipinski definition) is 3. The van der Waals surface area contributed by atoms with Crippen LogP contribution in [0.5, 0.6) is 11.5 Å². The van der Waals surface area contributed by atoms with Crippen LogP contribution >= 0.6 is 0 Å². The van der Waals surface area contributed by atoms with Gasteiger partial charge in [-0.3, -0.25) is 4.79 Å². The number of anilines is 2. The number of amides is 1. The van der Waals surface area contributed by atoms with Gasteiger partial charge in [0.15, 0.2) is 0 Å². The van der Waals surface area contributed by atoms with E-state index in [0.29, 0.717) is 0 Å². The van der Waals surface area contributed by atoms with Gasteiger partial charge in [-0.05, 0) is 61.4 Å². The average molecular weight is 358 g/mol. The van der Waals surface area contributed by atoms with Gasteiger partial charge >= 0.3 is 0 Å². The summed E-state index contributed by atoms with van der Waals surface area (Å²) in [5.41, 5.74) is 3.16. The van der Waals surface area contributed by atoms with Gasteiger partial charge in [-0.1, -0.05) is 36.4 Å². The Kier molecular flexibility index (Phi) is 4.79. The number of hydrogen-bond donors (Lipinski definition) is 1. The maximum absolute atomic E-state index is 12.7. The number of carbonyl (C=O) groups is 1. The lowest BCUT2D eigenvalue weighted by atomic mass is 10.1. The lowest BCUT2D eigenvalue weighted by Crippen LogP contribution is -2.39. The third-order valence-corrected chi connectivity index (χ3v) is 4.75. The molecule has 0 saturated carbocycles. The monoisotopic (exact) mass is 358 g/mol. The third kappa shape index (κ3) is 3.80. The van der Waals surface area contributed by atoms with E-state index in [1.807, 2.05) is 77.7 Å². The largest absolute Gasteiger partial charge is 0.457 e.